The van der Waals surface area contributed by atoms with Crippen LogP contribution in [0.5, 0.6) is 0 Å². The molecule has 0 unspecified atom stereocenters. The quantitative estimate of drug-likeness (QED) is 0.363. The maximum atomic E-state index is 12.1. The summed E-state index contributed by atoms with van der Waals surface area (Å²) in [6, 6.07) is 0. The summed E-state index contributed by atoms with van der Waals surface area (Å²) in [4.78, 5) is 10.7. The summed E-state index contributed by atoms with van der Waals surface area (Å²) in [7, 11) is -3.67. The topological polar surface area (TPSA) is 80.7 Å². The SMILES string of the molecule is CCCCCCCCCC(C)(C)OC(=O)C(F)(F)F.CS(=O)(=O)O. The Hall–Kier alpha value is -0.830. The highest BCUT2D eigenvalue weighted by Crippen LogP contribution is 2.25. The van der Waals surface area contributed by atoms with Gasteiger partial charge in [0.2, 0.25) is 0 Å². The number of carbonyl (C=O) groups is 1. The van der Waals surface area contributed by atoms with Gasteiger partial charge in [0.25, 0.3) is 10.1 Å². The number of carbonyl (C=O) groups excluding carboxylic acids is 1. The zero-order valence-corrected chi connectivity index (χ0v) is 15.6. The van der Waals surface area contributed by atoms with Crippen molar-refractivity contribution in [1.82, 2.24) is 0 Å². The highest BCUT2D eigenvalue weighted by Gasteiger charge is 2.43. The van der Waals surface area contributed by atoms with Crippen molar-refractivity contribution in [2.75, 3.05) is 6.26 Å². The van der Waals surface area contributed by atoms with E-state index in [2.05, 4.69) is 11.7 Å². The van der Waals surface area contributed by atoms with E-state index in [1.54, 1.807) is 0 Å². The Morgan fingerprint density at radius 2 is 1.38 bits per heavy atom. The molecule has 9 heteroatoms. The molecule has 0 rings (SSSR count). The Morgan fingerprint density at radius 1 is 1.00 bits per heavy atom. The Morgan fingerprint density at radius 3 is 1.75 bits per heavy atom. The molecule has 0 aromatic heterocycles. The Kier molecular flexibility index (Phi) is 12.4. The van der Waals surface area contributed by atoms with Crippen LogP contribution >= 0.6 is 0 Å². The van der Waals surface area contributed by atoms with Gasteiger partial charge in [-0.3, -0.25) is 4.55 Å². The largest absolute Gasteiger partial charge is 0.490 e. The molecule has 0 aliphatic rings. The van der Waals surface area contributed by atoms with E-state index < -0.39 is 27.9 Å². The van der Waals surface area contributed by atoms with Gasteiger partial charge in [-0.05, 0) is 26.7 Å². The van der Waals surface area contributed by atoms with Gasteiger partial charge < -0.3 is 4.74 Å². The predicted molar refractivity (Wildman–Crippen MR) is 86.3 cm³/mol. The average molecular weight is 378 g/mol. The van der Waals surface area contributed by atoms with Crippen molar-refractivity contribution in [3.8, 4) is 0 Å². The molecule has 0 radical (unpaired) electrons. The fraction of sp³-hybridized carbons (Fsp3) is 0.933. The lowest BCUT2D eigenvalue weighted by Crippen LogP contribution is -2.35. The van der Waals surface area contributed by atoms with Crippen LogP contribution in [0.4, 0.5) is 13.2 Å². The minimum absolute atomic E-state index is 0.461. The van der Waals surface area contributed by atoms with E-state index in [1.165, 1.54) is 33.1 Å². The van der Waals surface area contributed by atoms with E-state index in [9.17, 15) is 26.4 Å². The molecule has 0 aliphatic heterocycles. The molecule has 0 spiro atoms. The van der Waals surface area contributed by atoms with Crippen LogP contribution in [-0.2, 0) is 19.6 Å². The van der Waals surface area contributed by atoms with E-state index in [1.807, 2.05) is 0 Å². The molecule has 0 aromatic carbocycles. The second kappa shape index (κ2) is 11.7. The van der Waals surface area contributed by atoms with Gasteiger partial charge in [0.1, 0.15) is 5.60 Å². The normalized spacial score (nSPS) is 12.3. The summed E-state index contributed by atoms with van der Waals surface area (Å²) < 4.78 is 66.6. The standard InChI is InChI=1S/C14H25F3O2.CH4O3S/c1-4-5-6-7-8-9-10-11-13(2,3)19-12(18)14(15,16)17;1-5(2,3)4/h4-11H2,1-3H3;1H3,(H,2,3,4). The lowest BCUT2D eigenvalue weighted by atomic mass is 9.99. The summed E-state index contributed by atoms with van der Waals surface area (Å²) in [5.41, 5.74) is -1.05. The lowest BCUT2D eigenvalue weighted by Gasteiger charge is -2.25. The highest BCUT2D eigenvalue weighted by molar-refractivity contribution is 7.85. The summed E-state index contributed by atoms with van der Waals surface area (Å²) in [5, 5.41) is 0. The molecule has 0 saturated carbocycles. The molecule has 0 heterocycles. The minimum atomic E-state index is -4.91. The first-order valence-electron chi connectivity index (χ1n) is 7.91. The first kappa shape index (κ1) is 25.4. The van der Waals surface area contributed by atoms with E-state index in [0.29, 0.717) is 12.7 Å². The van der Waals surface area contributed by atoms with Crippen LogP contribution in [0.3, 0.4) is 0 Å². The Labute approximate surface area is 142 Å². The van der Waals surface area contributed by atoms with Gasteiger partial charge in [0.05, 0.1) is 6.26 Å². The fourth-order valence-electron chi connectivity index (χ4n) is 1.87. The molecule has 0 bridgehead atoms. The Balaban J connectivity index is 0. The van der Waals surface area contributed by atoms with Crippen molar-refractivity contribution in [3.05, 3.63) is 0 Å². The summed E-state index contributed by atoms with van der Waals surface area (Å²) in [6.07, 6.45) is 3.91. The van der Waals surface area contributed by atoms with Crippen molar-refractivity contribution < 1.29 is 35.7 Å². The molecule has 0 amide bonds. The van der Waals surface area contributed by atoms with Crippen molar-refractivity contribution in [2.45, 2.75) is 83.9 Å². The van der Waals surface area contributed by atoms with Crippen molar-refractivity contribution in [1.29, 1.82) is 0 Å². The van der Waals surface area contributed by atoms with Crippen LogP contribution in [0, 0.1) is 0 Å². The van der Waals surface area contributed by atoms with Crippen LogP contribution in [0.2, 0.25) is 0 Å². The van der Waals surface area contributed by atoms with Crippen molar-refractivity contribution in [3.63, 3.8) is 0 Å². The minimum Gasteiger partial charge on any atom is -0.453 e. The number of unbranched alkanes of at least 4 members (excludes halogenated alkanes) is 6. The van der Waals surface area contributed by atoms with Gasteiger partial charge in [0, 0.05) is 0 Å². The number of esters is 1. The molecular weight excluding hydrogens is 349 g/mol. The predicted octanol–water partition coefficient (Wildman–Crippen LogP) is 4.52. The summed E-state index contributed by atoms with van der Waals surface area (Å²) >= 11 is 0. The summed E-state index contributed by atoms with van der Waals surface area (Å²) in [5.74, 6) is -2.10. The maximum absolute atomic E-state index is 12.1. The highest BCUT2D eigenvalue weighted by atomic mass is 32.2. The average Bonchev–Trinajstić information content (AvgIpc) is 2.34. The van der Waals surface area contributed by atoms with Crippen LogP contribution in [0.1, 0.15) is 72.1 Å². The third-order valence-electron chi connectivity index (χ3n) is 2.98. The van der Waals surface area contributed by atoms with Crippen LogP contribution in [0.15, 0.2) is 0 Å². The molecule has 0 aliphatic carbocycles. The zero-order chi connectivity index (χ0) is 19.4. The number of hydrogen-bond donors (Lipinski definition) is 1. The first-order chi connectivity index (χ1) is 10.7. The van der Waals surface area contributed by atoms with Crippen LogP contribution in [0.25, 0.3) is 0 Å². The van der Waals surface area contributed by atoms with Gasteiger partial charge in [-0.2, -0.15) is 21.6 Å². The molecular formula is C15H29F3O5S. The Bertz CT molecular complexity index is 437. The number of rotatable bonds is 9. The molecule has 146 valence electrons. The number of ether oxygens (including phenoxy) is 1. The second-order valence-electron chi connectivity index (χ2n) is 6.25. The number of alkyl halides is 3. The van der Waals surface area contributed by atoms with Gasteiger partial charge in [-0.1, -0.05) is 45.4 Å². The van der Waals surface area contributed by atoms with Crippen LogP contribution < -0.4 is 0 Å². The second-order valence-corrected chi connectivity index (χ2v) is 7.72. The molecule has 0 fully saturated rings. The van der Waals surface area contributed by atoms with Gasteiger partial charge >= 0.3 is 12.1 Å². The zero-order valence-electron chi connectivity index (χ0n) is 14.8. The van der Waals surface area contributed by atoms with E-state index >= 15 is 0 Å². The van der Waals surface area contributed by atoms with E-state index in [-0.39, 0.29) is 0 Å². The van der Waals surface area contributed by atoms with E-state index in [0.717, 1.165) is 25.7 Å². The van der Waals surface area contributed by atoms with Gasteiger partial charge in [-0.25, -0.2) is 4.79 Å². The smallest absolute Gasteiger partial charge is 0.453 e. The van der Waals surface area contributed by atoms with Gasteiger partial charge in [0.15, 0.2) is 0 Å². The molecule has 24 heavy (non-hydrogen) atoms. The third kappa shape index (κ3) is 21.2. The number of hydrogen-bond acceptors (Lipinski definition) is 4. The number of halogens is 3. The molecule has 1 N–H and O–H groups in total. The fourth-order valence-corrected chi connectivity index (χ4v) is 1.87. The first-order valence-corrected chi connectivity index (χ1v) is 9.76. The van der Waals surface area contributed by atoms with Crippen LogP contribution in [-0.4, -0.2) is 37.0 Å². The van der Waals surface area contributed by atoms with E-state index in [4.69, 9.17) is 4.55 Å². The van der Waals surface area contributed by atoms with Crippen molar-refractivity contribution >= 4 is 16.1 Å². The molecule has 0 aromatic rings. The molecule has 0 saturated heterocycles. The van der Waals surface area contributed by atoms with Crippen molar-refractivity contribution in [2.24, 2.45) is 0 Å². The van der Waals surface area contributed by atoms with Gasteiger partial charge in [-0.15, -0.1) is 0 Å². The maximum Gasteiger partial charge on any atom is 0.490 e. The molecule has 0 atom stereocenters. The molecule has 5 nitrogen and oxygen atoms in total. The third-order valence-corrected chi connectivity index (χ3v) is 2.98. The monoisotopic (exact) mass is 378 g/mol. The summed E-state index contributed by atoms with van der Waals surface area (Å²) in [6.45, 7) is 5.19. The lowest BCUT2D eigenvalue weighted by molar-refractivity contribution is -0.212.